The molecule has 0 spiro atoms. The van der Waals surface area contributed by atoms with Gasteiger partial charge in [-0.1, -0.05) is 17.7 Å². The zero-order chi connectivity index (χ0) is 20.5. The van der Waals surface area contributed by atoms with Gasteiger partial charge in [0.2, 0.25) is 10.0 Å². The third kappa shape index (κ3) is 4.47. The molecule has 0 aliphatic carbocycles. The predicted octanol–water partition coefficient (Wildman–Crippen LogP) is 3.82. The molecule has 1 heterocycles. The minimum absolute atomic E-state index is 0.000967. The summed E-state index contributed by atoms with van der Waals surface area (Å²) in [4.78, 5) is -0.146. The van der Waals surface area contributed by atoms with E-state index < -0.39 is 19.9 Å². The standard InChI is InChI=1S/C19H18ClNO5S2/c1-21(28(24,25)18-5-3-4-17(12-18)27(2,22)23)13-16-10-11-19(26-16)14-6-8-15(20)9-7-14/h3-12H,13H2,1-2H3. The van der Waals surface area contributed by atoms with Gasteiger partial charge in [-0.25, -0.2) is 16.8 Å². The van der Waals surface area contributed by atoms with Crippen LogP contribution >= 0.6 is 11.6 Å². The van der Waals surface area contributed by atoms with E-state index in [9.17, 15) is 16.8 Å². The van der Waals surface area contributed by atoms with E-state index in [1.165, 1.54) is 25.2 Å². The van der Waals surface area contributed by atoms with E-state index in [2.05, 4.69) is 0 Å². The van der Waals surface area contributed by atoms with Gasteiger partial charge < -0.3 is 4.42 Å². The molecule has 2 aromatic carbocycles. The first-order valence-electron chi connectivity index (χ1n) is 8.18. The minimum Gasteiger partial charge on any atom is -0.460 e. The van der Waals surface area contributed by atoms with Crippen molar-refractivity contribution in [1.82, 2.24) is 4.31 Å². The number of nitrogens with zero attached hydrogens (tertiary/aromatic N) is 1. The second-order valence-electron chi connectivity index (χ2n) is 6.28. The average molecular weight is 440 g/mol. The molecule has 0 saturated heterocycles. The van der Waals surface area contributed by atoms with Crippen LogP contribution < -0.4 is 0 Å². The molecule has 6 nitrogen and oxygen atoms in total. The molecule has 0 amide bonds. The first-order valence-corrected chi connectivity index (χ1v) is 11.9. The molecule has 148 valence electrons. The van der Waals surface area contributed by atoms with E-state index in [0.717, 1.165) is 22.2 Å². The van der Waals surface area contributed by atoms with Crippen molar-refractivity contribution in [3.8, 4) is 11.3 Å². The van der Waals surface area contributed by atoms with Gasteiger partial charge in [-0.2, -0.15) is 4.31 Å². The quantitative estimate of drug-likeness (QED) is 0.582. The number of hydrogen-bond donors (Lipinski definition) is 0. The van der Waals surface area contributed by atoms with E-state index in [-0.39, 0.29) is 16.3 Å². The van der Waals surface area contributed by atoms with Crippen molar-refractivity contribution in [2.45, 2.75) is 16.3 Å². The summed E-state index contributed by atoms with van der Waals surface area (Å²) in [5, 5.41) is 0.609. The fraction of sp³-hybridized carbons (Fsp3) is 0.158. The van der Waals surface area contributed by atoms with Gasteiger partial charge in [0.25, 0.3) is 0 Å². The molecular formula is C19H18ClNO5S2. The summed E-state index contributed by atoms with van der Waals surface area (Å²) in [7, 11) is -5.99. The van der Waals surface area contributed by atoms with Crippen LogP contribution in [0.3, 0.4) is 0 Å². The van der Waals surface area contributed by atoms with Gasteiger partial charge >= 0.3 is 0 Å². The van der Waals surface area contributed by atoms with Crippen molar-refractivity contribution in [1.29, 1.82) is 0 Å². The number of hydrogen-bond acceptors (Lipinski definition) is 5. The van der Waals surface area contributed by atoms with E-state index in [0.29, 0.717) is 16.5 Å². The second-order valence-corrected chi connectivity index (χ2v) is 10.8. The topological polar surface area (TPSA) is 84.7 Å². The van der Waals surface area contributed by atoms with E-state index in [1.54, 1.807) is 24.3 Å². The van der Waals surface area contributed by atoms with Gasteiger partial charge in [0.05, 0.1) is 16.3 Å². The molecule has 1 aromatic heterocycles. The Labute approximate surface area is 169 Å². The molecule has 28 heavy (non-hydrogen) atoms. The zero-order valence-electron chi connectivity index (χ0n) is 15.2. The zero-order valence-corrected chi connectivity index (χ0v) is 17.6. The molecule has 3 aromatic rings. The third-order valence-electron chi connectivity index (χ3n) is 4.11. The summed E-state index contributed by atoms with van der Waals surface area (Å²) in [5.41, 5.74) is 0.821. The van der Waals surface area contributed by atoms with E-state index >= 15 is 0 Å². The first-order chi connectivity index (χ1) is 13.1. The van der Waals surface area contributed by atoms with Crippen LogP contribution in [0.4, 0.5) is 0 Å². The SMILES string of the molecule is CN(Cc1ccc(-c2ccc(Cl)cc2)o1)S(=O)(=O)c1cccc(S(C)(=O)=O)c1. The van der Waals surface area contributed by atoms with Crippen molar-refractivity contribution >= 4 is 31.5 Å². The Balaban J connectivity index is 1.83. The van der Waals surface area contributed by atoms with E-state index in [4.69, 9.17) is 16.0 Å². The molecule has 3 rings (SSSR count). The molecule has 9 heteroatoms. The third-order valence-corrected chi connectivity index (χ3v) is 7.27. The van der Waals surface area contributed by atoms with Crippen LogP contribution in [-0.4, -0.2) is 34.4 Å². The van der Waals surface area contributed by atoms with Gasteiger partial charge in [0.15, 0.2) is 9.84 Å². The van der Waals surface area contributed by atoms with Crippen molar-refractivity contribution in [3.63, 3.8) is 0 Å². The number of rotatable bonds is 6. The monoisotopic (exact) mass is 439 g/mol. The normalized spacial score (nSPS) is 12.4. The van der Waals surface area contributed by atoms with E-state index in [1.807, 2.05) is 12.1 Å². The fourth-order valence-electron chi connectivity index (χ4n) is 2.58. The lowest BCUT2D eigenvalue weighted by Crippen LogP contribution is -2.26. The highest BCUT2D eigenvalue weighted by Gasteiger charge is 2.23. The highest BCUT2D eigenvalue weighted by molar-refractivity contribution is 7.91. The highest BCUT2D eigenvalue weighted by atomic mass is 35.5. The van der Waals surface area contributed by atoms with Gasteiger partial charge in [0, 0.05) is 23.9 Å². The molecule has 0 unspecified atom stereocenters. The van der Waals surface area contributed by atoms with Gasteiger partial charge in [-0.3, -0.25) is 0 Å². The Morgan fingerprint density at radius 2 is 1.57 bits per heavy atom. The highest BCUT2D eigenvalue weighted by Crippen LogP contribution is 2.26. The van der Waals surface area contributed by atoms with Gasteiger partial charge in [-0.15, -0.1) is 0 Å². The lowest BCUT2D eigenvalue weighted by Gasteiger charge is -2.16. The Hall–Kier alpha value is -2.13. The van der Waals surface area contributed by atoms with Crippen LogP contribution in [0, 0.1) is 0 Å². The second kappa shape index (κ2) is 7.71. The van der Waals surface area contributed by atoms with Crippen molar-refractivity contribution in [3.05, 3.63) is 71.4 Å². The summed E-state index contributed by atoms with van der Waals surface area (Å²) < 4.78 is 55.9. The lowest BCUT2D eigenvalue weighted by molar-refractivity contribution is 0.410. The summed E-state index contributed by atoms with van der Waals surface area (Å²) in [6.45, 7) is -0.000967. The van der Waals surface area contributed by atoms with Crippen LogP contribution in [0.15, 0.2) is 74.9 Å². The minimum atomic E-state index is -3.89. The number of benzene rings is 2. The Kier molecular flexibility index (Phi) is 5.67. The average Bonchev–Trinajstić information content (AvgIpc) is 3.10. The first kappa shape index (κ1) is 20.6. The maximum atomic E-state index is 12.8. The Morgan fingerprint density at radius 3 is 2.21 bits per heavy atom. The molecule has 0 saturated carbocycles. The number of furan rings is 1. The number of sulfone groups is 1. The molecule has 0 radical (unpaired) electrons. The van der Waals surface area contributed by atoms with Crippen LogP contribution in [0.5, 0.6) is 0 Å². The molecule has 0 bridgehead atoms. The molecule has 0 atom stereocenters. The van der Waals surface area contributed by atoms with Crippen molar-refractivity contribution in [2.24, 2.45) is 0 Å². The van der Waals surface area contributed by atoms with Gasteiger partial charge in [0.1, 0.15) is 11.5 Å². The summed E-state index contributed by atoms with van der Waals surface area (Å²) >= 11 is 5.88. The summed E-state index contributed by atoms with van der Waals surface area (Å²) in [6, 6.07) is 15.8. The Morgan fingerprint density at radius 1 is 0.929 bits per heavy atom. The van der Waals surface area contributed by atoms with Crippen LogP contribution in [0.1, 0.15) is 5.76 Å². The maximum absolute atomic E-state index is 12.8. The molecular weight excluding hydrogens is 422 g/mol. The molecule has 0 fully saturated rings. The Bertz CT molecular complexity index is 1200. The largest absolute Gasteiger partial charge is 0.460 e. The summed E-state index contributed by atoms with van der Waals surface area (Å²) in [5.74, 6) is 1.05. The number of sulfonamides is 1. The fourth-order valence-corrected chi connectivity index (χ4v) is 4.63. The summed E-state index contributed by atoms with van der Waals surface area (Å²) in [6.07, 6.45) is 1.03. The van der Waals surface area contributed by atoms with Gasteiger partial charge in [-0.05, 0) is 54.6 Å². The maximum Gasteiger partial charge on any atom is 0.243 e. The lowest BCUT2D eigenvalue weighted by atomic mass is 10.2. The van der Waals surface area contributed by atoms with Crippen LogP contribution in [0.25, 0.3) is 11.3 Å². The number of halogens is 1. The van der Waals surface area contributed by atoms with Crippen LogP contribution in [-0.2, 0) is 26.4 Å². The molecule has 0 N–H and O–H groups in total. The van der Waals surface area contributed by atoms with Crippen molar-refractivity contribution in [2.75, 3.05) is 13.3 Å². The predicted molar refractivity (Wildman–Crippen MR) is 107 cm³/mol. The van der Waals surface area contributed by atoms with Crippen molar-refractivity contribution < 1.29 is 21.3 Å². The molecule has 0 aliphatic heterocycles. The van der Waals surface area contributed by atoms with Crippen LogP contribution in [0.2, 0.25) is 5.02 Å². The smallest absolute Gasteiger partial charge is 0.243 e. The molecule has 0 aliphatic rings.